The number of hydrogen-bond acceptors (Lipinski definition) is 3. The van der Waals surface area contributed by atoms with Crippen LogP contribution < -0.4 is 5.32 Å². The third kappa shape index (κ3) is 3.41. The summed E-state index contributed by atoms with van der Waals surface area (Å²) in [6, 6.07) is 2.02. The highest BCUT2D eigenvalue weighted by Gasteiger charge is 2.31. The quantitative estimate of drug-likeness (QED) is 0.873. The molecule has 3 nitrogen and oxygen atoms in total. The van der Waals surface area contributed by atoms with Crippen molar-refractivity contribution in [2.75, 3.05) is 20.1 Å². The summed E-state index contributed by atoms with van der Waals surface area (Å²) < 4.78 is 0. The molecule has 4 heteroatoms. The fraction of sp³-hybridized carbons (Fsp3) is 0.688. The summed E-state index contributed by atoms with van der Waals surface area (Å²) in [6.45, 7) is 6.24. The first kappa shape index (κ1) is 15.5. The van der Waals surface area contributed by atoms with Gasteiger partial charge in [-0.25, -0.2) is 0 Å². The first-order valence-corrected chi connectivity index (χ1v) is 8.57. The number of hydrogen-bond donors (Lipinski definition) is 1. The second kappa shape index (κ2) is 7.23. The van der Waals surface area contributed by atoms with Gasteiger partial charge in [0.15, 0.2) is 0 Å². The molecule has 112 valence electrons. The Morgan fingerprint density at radius 2 is 2.35 bits per heavy atom. The van der Waals surface area contributed by atoms with E-state index in [1.807, 2.05) is 7.05 Å². The largest absolute Gasteiger partial charge is 0.340 e. The Kier molecular flexibility index (Phi) is 5.61. The van der Waals surface area contributed by atoms with Crippen molar-refractivity contribution >= 4 is 17.2 Å². The van der Waals surface area contributed by atoms with E-state index in [0.717, 1.165) is 19.5 Å². The van der Waals surface area contributed by atoms with E-state index < -0.39 is 0 Å². The van der Waals surface area contributed by atoms with E-state index in [-0.39, 0.29) is 11.9 Å². The van der Waals surface area contributed by atoms with E-state index in [9.17, 15) is 4.79 Å². The number of nitrogens with one attached hydrogen (secondary N) is 1. The molecule has 0 aromatic carbocycles. The van der Waals surface area contributed by atoms with Crippen molar-refractivity contribution in [3.05, 3.63) is 21.9 Å². The molecule has 0 radical (unpaired) electrons. The molecule has 0 spiro atoms. The predicted molar refractivity (Wildman–Crippen MR) is 85.1 cm³/mol. The van der Waals surface area contributed by atoms with Crippen LogP contribution in [-0.2, 0) is 11.2 Å². The van der Waals surface area contributed by atoms with Crippen LogP contribution in [0.1, 0.15) is 49.6 Å². The molecule has 1 aliphatic rings. The number of carbonyl (C=O) groups excluding carboxylic acids is 1. The van der Waals surface area contributed by atoms with Crippen molar-refractivity contribution in [3.8, 4) is 0 Å². The molecule has 1 aromatic rings. The molecular formula is C16H26N2OS. The maximum atomic E-state index is 12.7. The third-order valence-electron chi connectivity index (χ3n) is 4.12. The number of amides is 1. The smallest absolute Gasteiger partial charge is 0.245 e. The maximum absolute atomic E-state index is 12.7. The van der Waals surface area contributed by atoms with E-state index in [4.69, 9.17) is 0 Å². The summed E-state index contributed by atoms with van der Waals surface area (Å²) in [5, 5.41) is 5.30. The highest BCUT2D eigenvalue weighted by Crippen LogP contribution is 2.29. The van der Waals surface area contributed by atoms with Gasteiger partial charge in [0.1, 0.15) is 6.04 Å². The van der Waals surface area contributed by atoms with Crippen molar-refractivity contribution in [1.82, 2.24) is 10.2 Å². The van der Waals surface area contributed by atoms with Crippen LogP contribution in [0.25, 0.3) is 0 Å². The zero-order valence-corrected chi connectivity index (χ0v) is 13.6. The van der Waals surface area contributed by atoms with Crippen molar-refractivity contribution in [1.29, 1.82) is 0 Å². The van der Waals surface area contributed by atoms with Crippen LogP contribution in [0, 0.1) is 5.92 Å². The minimum absolute atomic E-state index is 0.147. The second-order valence-electron chi connectivity index (χ2n) is 5.81. The first-order chi connectivity index (χ1) is 9.67. The van der Waals surface area contributed by atoms with E-state index in [1.165, 1.54) is 29.7 Å². The molecule has 0 bridgehead atoms. The van der Waals surface area contributed by atoms with Gasteiger partial charge in [-0.1, -0.05) is 26.7 Å². The van der Waals surface area contributed by atoms with Crippen molar-refractivity contribution in [2.45, 2.75) is 45.6 Å². The number of fused-ring (bicyclic) bond motifs is 1. The monoisotopic (exact) mass is 294 g/mol. The lowest BCUT2D eigenvalue weighted by atomic mass is 10.0. The van der Waals surface area contributed by atoms with E-state index in [1.54, 1.807) is 11.3 Å². The van der Waals surface area contributed by atoms with Gasteiger partial charge in [-0.2, -0.15) is 0 Å². The van der Waals surface area contributed by atoms with Gasteiger partial charge in [0.2, 0.25) is 5.91 Å². The summed E-state index contributed by atoms with van der Waals surface area (Å²) in [5.74, 6) is 0.838. The lowest BCUT2D eigenvalue weighted by Crippen LogP contribution is -2.41. The fourth-order valence-corrected chi connectivity index (χ4v) is 3.98. The molecule has 0 aliphatic carbocycles. The number of thiophene rings is 1. The van der Waals surface area contributed by atoms with Crippen molar-refractivity contribution in [2.24, 2.45) is 5.92 Å². The minimum Gasteiger partial charge on any atom is -0.340 e. The van der Waals surface area contributed by atoms with Crippen LogP contribution in [0.3, 0.4) is 0 Å². The molecule has 0 saturated carbocycles. The summed E-state index contributed by atoms with van der Waals surface area (Å²) in [5.41, 5.74) is 1.34. The van der Waals surface area contributed by atoms with Crippen LogP contribution in [0.5, 0.6) is 0 Å². The van der Waals surface area contributed by atoms with Gasteiger partial charge in [0, 0.05) is 18.0 Å². The Morgan fingerprint density at radius 1 is 1.55 bits per heavy atom. The molecule has 20 heavy (non-hydrogen) atoms. The van der Waals surface area contributed by atoms with Crippen LogP contribution in [-0.4, -0.2) is 30.9 Å². The Bertz CT molecular complexity index is 443. The van der Waals surface area contributed by atoms with E-state index in [0.29, 0.717) is 5.92 Å². The van der Waals surface area contributed by atoms with Crippen molar-refractivity contribution in [3.63, 3.8) is 0 Å². The highest BCUT2D eigenvalue weighted by atomic mass is 32.1. The lowest BCUT2D eigenvalue weighted by Gasteiger charge is -2.27. The molecule has 2 unspecified atom stereocenters. The Labute approximate surface area is 126 Å². The molecule has 0 fully saturated rings. The zero-order valence-electron chi connectivity index (χ0n) is 12.8. The van der Waals surface area contributed by atoms with Gasteiger partial charge in [-0.15, -0.1) is 11.3 Å². The van der Waals surface area contributed by atoms with Crippen molar-refractivity contribution < 1.29 is 4.79 Å². The molecule has 1 amide bonds. The van der Waals surface area contributed by atoms with Gasteiger partial charge in [-0.05, 0) is 42.8 Å². The van der Waals surface area contributed by atoms with Crippen LogP contribution >= 0.6 is 11.3 Å². The number of nitrogens with zero attached hydrogens (tertiary/aromatic N) is 1. The number of likely N-dealkylation sites (N-methyl/N-ethyl adjacent to an activating group) is 1. The molecule has 0 saturated heterocycles. The molecule has 2 atom stereocenters. The van der Waals surface area contributed by atoms with E-state index in [2.05, 4.69) is 35.5 Å². The summed E-state index contributed by atoms with van der Waals surface area (Å²) in [7, 11) is 1.88. The molecule has 2 heterocycles. The van der Waals surface area contributed by atoms with Gasteiger partial charge in [-0.3, -0.25) is 4.79 Å². The van der Waals surface area contributed by atoms with E-state index >= 15 is 0 Å². The average Bonchev–Trinajstić information content (AvgIpc) is 2.85. The average molecular weight is 294 g/mol. The van der Waals surface area contributed by atoms with Crippen LogP contribution in [0.2, 0.25) is 0 Å². The van der Waals surface area contributed by atoms with Gasteiger partial charge in [0.25, 0.3) is 0 Å². The summed E-state index contributed by atoms with van der Waals surface area (Å²) in [6.07, 6.45) is 4.69. The molecule has 1 N–H and O–H groups in total. The Morgan fingerprint density at radius 3 is 3.05 bits per heavy atom. The molecule has 1 aliphatic heterocycles. The molecule has 2 rings (SSSR count). The Balaban J connectivity index is 2.06. The lowest BCUT2D eigenvalue weighted by molar-refractivity contribution is -0.133. The standard InChI is InChI=1S/C16H26N2OS/c1-4-5-6-12(2)11-18-9-7-13-8-10-20-15(13)14(17-3)16(18)19/h8,10,12,14,17H,4-7,9,11H2,1-3H3. The molecule has 1 aromatic heterocycles. The number of rotatable bonds is 6. The first-order valence-electron chi connectivity index (χ1n) is 7.69. The Hall–Kier alpha value is -0.870. The second-order valence-corrected chi connectivity index (χ2v) is 6.76. The van der Waals surface area contributed by atoms with Gasteiger partial charge >= 0.3 is 0 Å². The fourth-order valence-electron chi connectivity index (χ4n) is 2.92. The van der Waals surface area contributed by atoms with Gasteiger partial charge in [0.05, 0.1) is 0 Å². The minimum atomic E-state index is -0.147. The topological polar surface area (TPSA) is 32.3 Å². The maximum Gasteiger partial charge on any atom is 0.245 e. The number of unbranched alkanes of at least 4 members (excludes halogenated alkanes) is 1. The van der Waals surface area contributed by atoms with Gasteiger partial charge < -0.3 is 10.2 Å². The summed E-state index contributed by atoms with van der Waals surface area (Å²) in [4.78, 5) is 16.0. The SMILES string of the molecule is CCCCC(C)CN1CCc2ccsc2C(NC)C1=O. The highest BCUT2D eigenvalue weighted by molar-refractivity contribution is 7.10. The third-order valence-corrected chi connectivity index (χ3v) is 5.15. The predicted octanol–water partition coefficient (Wildman–Crippen LogP) is 3.22. The van der Waals surface area contributed by atoms with Crippen LogP contribution in [0.4, 0.5) is 0 Å². The van der Waals surface area contributed by atoms with Crippen LogP contribution in [0.15, 0.2) is 11.4 Å². The molecular weight excluding hydrogens is 268 g/mol. The number of carbonyl (C=O) groups is 1. The normalized spacial score (nSPS) is 20.6. The zero-order chi connectivity index (χ0) is 14.5. The summed E-state index contributed by atoms with van der Waals surface area (Å²) >= 11 is 1.70.